The number of carbonyl (C=O) groups excluding carboxylic acids is 2. The van der Waals surface area contributed by atoms with Crippen molar-refractivity contribution in [2.24, 2.45) is 28.8 Å². The van der Waals surface area contributed by atoms with Crippen LogP contribution in [0.4, 0.5) is 0 Å². The van der Waals surface area contributed by atoms with Gasteiger partial charge in [-0.05, 0) is 83.2 Å². The van der Waals surface area contributed by atoms with Crippen molar-refractivity contribution in [1.29, 1.82) is 0 Å². The Balaban J connectivity index is 1.35. The molecule has 1 aliphatic heterocycles. The monoisotopic (exact) mass is 610 g/mol. The molecule has 2 bridgehead atoms. The molecule has 9 heteroatoms. The number of halogens is 3. The van der Waals surface area contributed by atoms with Crippen molar-refractivity contribution >= 4 is 63.8 Å². The molecule has 0 spiro atoms. The number of allylic oxidation sites excluding steroid dienone is 2. The van der Waals surface area contributed by atoms with E-state index in [1.165, 1.54) is 6.21 Å². The zero-order valence-electron chi connectivity index (χ0n) is 18.2. The van der Waals surface area contributed by atoms with Crippen LogP contribution in [0, 0.1) is 27.2 Å². The molecule has 1 saturated heterocycles. The molecule has 6 nitrogen and oxygen atoms in total. The number of imide groups is 1. The van der Waals surface area contributed by atoms with Gasteiger partial charge in [-0.3, -0.25) is 9.59 Å². The zero-order valence-corrected chi connectivity index (χ0v) is 21.9. The van der Waals surface area contributed by atoms with Crippen LogP contribution in [0.15, 0.2) is 47.6 Å². The highest BCUT2D eigenvalue weighted by molar-refractivity contribution is 14.1. The molecule has 1 heterocycles. The summed E-state index contributed by atoms with van der Waals surface area (Å²) in [7, 11) is 0. The molecule has 0 N–H and O–H groups in total. The number of rotatable bonds is 7. The van der Waals surface area contributed by atoms with Crippen LogP contribution in [0.1, 0.15) is 24.5 Å². The lowest BCUT2D eigenvalue weighted by molar-refractivity contribution is -0.140. The minimum atomic E-state index is -0.268. The normalized spacial score (nSPS) is 25.0. The number of nitrogens with zero attached hydrogens (tertiary/aromatic N) is 2. The van der Waals surface area contributed by atoms with E-state index in [9.17, 15) is 9.59 Å². The zero-order chi connectivity index (χ0) is 24.0. The lowest BCUT2D eigenvalue weighted by Gasteiger charge is -2.15. The number of benzene rings is 2. The summed E-state index contributed by atoms with van der Waals surface area (Å²) in [6, 6.07) is 9.00. The number of ether oxygens (including phenoxy) is 2. The summed E-state index contributed by atoms with van der Waals surface area (Å²) in [6.07, 6.45) is 6.55. The van der Waals surface area contributed by atoms with Gasteiger partial charge in [0.1, 0.15) is 6.61 Å². The molecule has 176 valence electrons. The number of hydrogen-bond donors (Lipinski definition) is 0. The summed E-state index contributed by atoms with van der Waals surface area (Å²) in [5.41, 5.74) is 1.58. The Bertz CT molecular complexity index is 1200. The van der Waals surface area contributed by atoms with E-state index in [0.29, 0.717) is 33.7 Å². The maximum Gasteiger partial charge on any atom is 0.254 e. The van der Waals surface area contributed by atoms with Gasteiger partial charge in [-0.2, -0.15) is 10.1 Å². The molecule has 4 atom stereocenters. The standard InChI is InChI=1S/C25H21Cl2IN2O4/c1-2-33-20-9-14(8-19(28)23(20)34-12-13-3-6-17(26)18(27)7-13)11-29-30-24(31)21-15-4-5-16(10-15)22(21)25(30)32/h3-9,11,15-16,21-22H,2,10,12H2,1H3/t15-,16-,21-,22+/m0/s1. The van der Waals surface area contributed by atoms with Gasteiger partial charge in [-0.1, -0.05) is 41.4 Å². The predicted molar refractivity (Wildman–Crippen MR) is 138 cm³/mol. The molecule has 0 unspecified atom stereocenters. The first-order chi connectivity index (χ1) is 16.4. The first-order valence-electron chi connectivity index (χ1n) is 11.0. The summed E-state index contributed by atoms with van der Waals surface area (Å²) >= 11 is 14.3. The topological polar surface area (TPSA) is 68.2 Å². The van der Waals surface area contributed by atoms with Crippen LogP contribution < -0.4 is 9.47 Å². The average molecular weight is 611 g/mol. The summed E-state index contributed by atoms with van der Waals surface area (Å²) in [5, 5.41) is 6.27. The van der Waals surface area contributed by atoms with E-state index in [1.54, 1.807) is 18.2 Å². The third kappa shape index (κ3) is 4.22. The third-order valence-corrected chi connectivity index (χ3v) is 8.01. The van der Waals surface area contributed by atoms with Crippen molar-refractivity contribution in [1.82, 2.24) is 5.01 Å². The van der Waals surface area contributed by atoms with Crippen LogP contribution in [0.3, 0.4) is 0 Å². The fourth-order valence-corrected chi connectivity index (χ4v) is 6.08. The molecule has 2 aliphatic carbocycles. The Morgan fingerprint density at radius 3 is 2.41 bits per heavy atom. The van der Waals surface area contributed by atoms with Gasteiger partial charge in [-0.25, -0.2) is 0 Å². The largest absolute Gasteiger partial charge is 0.490 e. The second-order valence-electron chi connectivity index (χ2n) is 8.53. The van der Waals surface area contributed by atoms with E-state index in [4.69, 9.17) is 32.7 Å². The molecular formula is C25H21Cl2IN2O4. The Labute approximate surface area is 221 Å². The quantitative estimate of drug-likeness (QED) is 0.174. The number of hydrogen-bond acceptors (Lipinski definition) is 5. The minimum absolute atomic E-state index is 0.157. The Morgan fingerprint density at radius 1 is 1.06 bits per heavy atom. The van der Waals surface area contributed by atoms with E-state index in [1.807, 2.05) is 19.1 Å². The summed E-state index contributed by atoms with van der Waals surface area (Å²) in [4.78, 5) is 25.7. The van der Waals surface area contributed by atoms with Gasteiger partial charge in [0.15, 0.2) is 11.5 Å². The van der Waals surface area contributed by atoms with Crippen LogP contribution in [0.5, 0.6) is 11.5 Å². The van der Waals surface area contributed by atoms with Crippen molar-refractivity contribution in [3.8, 4) is 11.5 Å². The average Bonchev–Trinajstić information content (AvgIpc) is 3.48. The van der Waals surface area contributed by atoms with E-state index in [0.717, 1.165) is 20.6 Å². The molecule has 5 rings (SSSR count). The minimum Gasteiger partial charge on any atom is -0.490 e. The Kier molecular flexibility index (Phi) is 6.61. The predicted octanol–water partition coefficient (Wildman–Crippen LogP) is 5.72. The van der Waals surface area contributed by atoms with Crippen molar-refractivity contribution in [2.45, 2.75) is 20.0 Å². The molecule has 2 amide bonds. The highest BCUT2D eigenvalue weighted by Crippen LogP contribution is 2.52. The van der Waals surface area contributed by atoms with E-state index in [2.05, 4.69) is 39.8 Å². The maximum atomic E-state index is 12.9. The van der Waals surface area contributed by atoms with E-state index < -0.39 is 0 Å². The second kappa shape index (κ2) is 9.51. The molecule has 2 fully saturated rings. The number of hydrazone groups is 1. The number of amides is 2. The Hall–Kier alpha value is -2.10. The molecule has 0 radical (unpaired) electrons. The molecule has 2 aromatic carbocycles. The van der Waals surface area contributed by atoms with Gasteiger partial charge in [0.05, 0.1) is 38.3 Å². The van der Waals surface area contributed by atoms with Crippen LogP contribution in [0.25, 0.3) is 0 Å². The van der Waals surface area contributed by atoms with Crippen LogP contribution in [-0.2, 0) is 16.2 Å². The van der Waals surface area contributed by atoms with Crippen molar-refractivity contribution in [3.05, 3.63) is 67.2 Å². The van der Waals surface area contributed by atoms with Gasteiger partial charge < -0.3 is 9.47 Å². The molecular weight excluding hydrogens is 590 g/mol. The molecule has 3 aliphatic rings. The van der Waals surface area contributed by atoms with Crippen molar-refractivity contribution in [3.63, 3.8) is 0 Å². The fourth-order valence-electron chi connectivity index (χ4n) is 4.98. The Morgan fingerprint density at radius 2 is 1.76 bits per heavy atom. The van der Waals surface area contributed by atoms with Gasteiger partial charge in [0, 0.05) is 0 Å². The molecule has 1 saturated carbocycles. The lowest BCUT2D eigenvalue weighted by Crippen LogP contribution is -2.28. The SMILES string of the molecule is CCOc1cc(C=NN2C(=O)[C@@H]3[C@H](C2=O)[C@H]2C=C[C@H]3C2)cc(I)c1OCc1ccc(Cl)c(Cl)c1. The van der Waals surface area contributed by atoms with Gasteiger partial charge in [0.25, 0.3) is 11.8 Å². The van der Waals surface area contributed by atoms with E-state index >= 15 is 0 Å². The molecule has 2 aromatic rings. The van der Waals surface area contributed by atoms with Crippen LogP contribution in [0.2, 0.25) is 10.0 Å². The van der Waals surface area contributed by atoms with Gasteiger partial charge in [0.2, 0.25) is 0 Å². The van der Waals surface area contributed by atoms with Crippen molar-refractivity contribution < 1.29 is 19.1 Å². The maximum absolute atomic E-state index is 12.9. The van der Waals surface area contributed by atoms with E-state index in [-0.39, 0.29) is 42.1 Å². The fraction of sp³-hybridized carbons (Fsp3) is 0.320. The number of carbonyl (C=O) groups is 2. The second-order valence-corrected chi connectivity index (χ2v) is 10.5. The highest BCUT2D eigenvalue weighted by Gasteiger charge is 2.59. The highest BCUT2D eigenvalue weighted by atomic mass is 127. The summed E-state index contributed by atoms with van der Waals surface area (Å²) in [5.74, 6) is 0.513. The summed E-state index contributed by atoms with van der Waals surface area (Å²) in [6.45, 7) is 2.62. The van der Waals surface area contributed by atoms with Crippen molar-refractivity contribution in [2.75, 3.05) is 6.61 Å². The lowest BCUT2D eigenvalue weighted by atomic mass is 9.85. The third-order valence-electron chi connectivity index (χ3n) is 6.47. The van der Waals surface area contributed by atoms with Crippen LogP contribution >= 0.6 is 45.8 Å². The smallest absolute Gasteiger partial charge is 0.254 e. The number of fused-ring (bicyclic) bond motifs is 5. The first-order valence-corrected chi connectivity index (χ1v) is 12.8. The van der Waals surface area contributed by atoms with Gasteiger partial charge in [-0.15, -0.1) is 0 Å². The molecule has 34 heavy (non-hydrogen) atoms. The van der Waals surface area contributed by atoms with Crippen LogP contribution in [-0.4, -0.2) is 29.6 Å². The first kappa shape index (κ1) is 23.6. The summed E-state index contributed by atoms with van der Waals surface area (Å²) < 4.78 is 12.7. The van der Waals surface area contributed by atoms with Gasteiger partial charge >= 0.3 is 0 Å². The molecule has 0 aromatic heterocycles.